The zero-order chi connectivity index (χ0) is 10.7. The summed E-state index contributed by atoms with van der Waals surface area (Å²) < 4.78 is 4.97. The van der Waals surface area contributed by atoms with Gasteiger partial charge in [-0.1, -0.05) is 13.3 Å². The van der Waals surface area contributed by atoms with Crippen LogP contribution in [0.25, 0.3) is 0 Å². The van der Waals surface area contributed by atoms with Crippen molar-refractivity contribution in [2.75, 3.05) is 6.54 Å². The summed E-state index contributed by atoms with van der Waals surface area (Å²) in [4.78, 5) is 12.3. The van der Waals surface area contributed by atoms with Crippen LogP contribution < -0.4 is 5.32 Å². The van der Waals surface area contributed by atoms with Crippen LogP contribution in [0.5, 0.6) is 0 Å². The number of nitrogens with one attached hydrogen (secondary N) is 1. The molecule has 1 atom stereocenters. The standard InChI is InChI=1S/C12H17NO2/c1-2-5-12(6-3-7-13-12)11(14)10-4-8-15-9-10/h4,8-9,13H,2-3,5-7H2,1H3. The predicted octanol–water partition coefficient (Wildman–Crippen LogP) is 2.38. The van der Waals surface area contributed by atoms with Gasteiger partial charge in [-0.05, 0) is 31.9 Å². The summed E-state index contributed by atoms with van der Waals surface area (Å²) in [5.41, 5.74) is 0.372. The highest BCUT2D eigenvalue weighted by Gasteiger charge is 2.40. The van der Waals surface area contributed by atoms with Gasteiger partial charge in [0.25, 0.3) is 0 Å². The maximum absolute atomic E-state index is 12.3. The smallest absolute Gasteiger partial charge is 0.186 e. The first-order chi connectivity index (χ1) is 7.28. The van der Waals surface area contributed by atoms with Crippen molar-refractivity contribution in [3.63, 3.8) is 0 Å². The number of carbonyl (C=O) groups excluding carboxylic acids is 1. The lowest BCUT2D eigenvalue weighted by atomic mass is 9.85. The largest absolute Gasteiger partial charge is 0.472 e. The Morgan fingerprint density at radius 1 is 1.67 bits per heavy atom. The van der Waals surface area contributed by atoms with Gasteiger partial charge in [-0.25, -0.2) is 0 Å². The van der Waals surface area contributed by atoms with Crippen molar-refractivity contribution in [1.82, 2.24) is 5.32 Å². The van der Waals surface area contributed by atoms with Crippen molar-refractivity contribution < 1.29 is 9.21 Å². The van der Waals surface area contributed by atoms with Crippen LogP contribution in [-0.2, 0) is 0 Å². The second kappa shape index (κ2) is 4.19. The Labute approximate surface area is 89.9 Å². The van der Waals surface area contributed by atoms with E-state index in [0.717, 1.165) is 32.2 Å². The molecular formula is C12H17NO2. The van der Waals surface area contributed by atoms with Gasteiger partial charge in [0.15, 0.2) is 5.78 Å². The van der Waals surface area contributed by atoms with E-state index in [9.17, 15) is 4.79 Å². The van der Waals surface area contributed by atoms with E-state index in [1.165, 1.54) is 0 Å². The molecule has 15 heavy (non-hydrogen) atoms. The van der Waals surface area contributed by atoms with Crippen molar-refractivity contribution in [3.8, 4) is 0 Å². The first-order valence-electron chi connectivity index (χ1n) is 5.60. The molecule has 2 heterocycles. The molecule has 82 valence electrons. The number of carbonyl (C=O) groups is 1. The maximum Gasteiger partial charge on any atom is 0.186 e. The highest BCUT2D eigenvalue weighted by Crippen LogP contribution is 2.28. The molecule has 3 nitrogen and oxygen atoms in total. The summed E-state index contributed by atoms with van der Waals surface area (Å²) in [6, 6.07) is 1.75. The Kier molecular flexibility index (Phi) is 2.91. The molecule has 0 amide bonds. The average molecular weight is 207 g/mol. The van der Waals surface area contributed by atoms with Crippen LogP contribution in [0.15, 0.2) is 23.0 Å². The molecule has 1 unspecified atom stereocenters. The first-order valence-corrected chi connectivity index (χ1v) is 5.60. The van der Waals surface area contributed by atoms with E-state index in [2.05, 4.69) is 12.2 Å². The number of Topliss-reactive ketones (excluding diaryl/α,β-unsaturated/α-hetero) is 1. The second-order valence-corrected chi connectivity index (χ2v) is 4.20. The highest BCUT2D eigenvalue weighted by atomic mass is 16.3. The quantitative estimate of drug-likeness (QED) is 0.771. The number of ketones is 1. The molecular weight excluding hydrogens is 190 g/mol. The van der Waals surface area contributed by atoms with Crippen molar-refractivity contribution in [1.29, 1.82) is 0 Å². The molecule has 0 aliphatic carbocycles. The molecule has 0 saturated carbocycles. The molecule has 0 bridgehead atoms. The molecule has 1 N–H and O–H groups in total. The topological polar surface area (TPSA) is 42.2 Å². The summed E-state index contributed by atoms with van der Waals surface area (Å²) in [5.74, 6) is 0.190. The van der Waals surface area contributed by atoms with Gasteiger partial charge in [-0.3, -0.25) is 4.79 Å². The zero-order valence-electron chi connectivity index (χ0n) is 9.08. The average Bonchev–Trinajstić information content (AvgIpc) is 2.88. The van der Waals surface area contributed by atoms with Gasteiger partial charge in [-0.2, -0.15) is 0 Å². The number of hydrogen-bond donors (Lipinski definition) is 1. The van der Waals surface area contributed by atoms with Crippen molar-refractivity contribution in [2.45, 2.75) is 38.1 Å². The fourth-order valence-electron chi connectivity index (χ4n) is 2.42. The summed E-state index contributed by atoms with van der Waals surface area (Å²) in [7, 11) is 0. The third kappa shape index (κ3) is 1.84. The third-order valence-corrected chi connectivity index (χ3v) is 3.14. The van der Waals surface area contributed by atoms with Crippen LogP contribution in [-0.4, -0.2) is 17.9 Å². The van der Waals surface area contributed by atoms with E-state index < -0.39 is 0 Å². The molecule has 1 aliphatic rings. The minimum Gasteiger partial charge on any atom is -0.472 e. The van der Waals surface area contributed by atoms with Gasteiger partial charge in [0, 0.05) is 0 Å². The number of hydrogen-bond acceptors (Lipinski definition) is 3. The number of rotatable bonds is 4. The van der Waals surface area contributed by atoms with Crippen LogP contribution in [0.1, 0.15) is 43.0 Å². The molecule has 1 aromatic heterocycles. The van der Waals surface area contributed by atoms with E-state index in [4.69, 9.17) is 4.42 Å². The molecule has 2 rings (SSSR count). The molecule has 0 radical (unpaired) electrons. The molecule has 0 spiro atoms. The fraction of sp³-hybridized carbons (Fsp3) is 0.583. The first kappa shape index (κ1) is 10.4. The molecule has 1 aliphatic heterocycles. The molecule has 1 saturated heterocycles. The monoisotopic (exact) mass is 207 g/mol. The van der Waals surface area contributed by atoms with Crippen LogP contribution in [0.2, 0.25) is 0 Å². The van der Waals surface area contributed by atoms with Gasteiger partial charge in [0.05, 0.1) is 17.4 Å². The van der Waals surface area contributed by atoms with E-state index in [0.29, 0.717) is 5.56 Å². The van der Waals surface area contributed by atoms with Crippen molar-refractivity contribution >= 4 is 5.78 Å². The Morgan fingerprint density at radius 3 is 3.07 bits per heavy atom. The van der Waals surface area contributed by atoms with Crippen LogP contribution in [0, 0.1) is 0 Å². The maximum atomic E-state index is 12.3. The Balaban J connectivity index is 2.21. The molecule has 0 aromatic carbocycles. The normalized spacial score (nSPS) is 25.7. The van der Waals surface area contributed by atoms with Crippen LogP contribution in [0.4, 0.5) is 0 Å². The van der Waals surface area contributed by atoms with E-state index in [1.807, 2.05) is 0 Å². The van der Waals surface area contributed by atoms with Gasteiger partial charge in [0.2, 0.25) is 0 Å². The zero-order valence-corrected chi connectivity index (χ0v) is 9.08. The van der Waals surface area contributed by atoms with Crippen LogP contribution in [0.3, 0.4) is 0 Å². The van der Waals surface area contributed by atoms with Crippen molar-refractivity contribution in [2.24, 2.45) is 0 Å². The van der Waals surface area contributed by atoms with Crippen molar-refractivity contribution in [3.05, 3.63) is 24.2 Å². The van der Waals surface area contributed by atoms with Gasteiger partial charge >= 0.3 is 0 Å². The van der Waals surface area contributed by atoms with Gasteiger partial charge in [0.1, 0.15) is 6.26 Å². The minimum absolute atomic E-state index is 0.190. The molecule has 1 fully saturated rings. The third-order valence-electron chi connectivity index (χ3n) is 3.14. The fourth-order valence-corrected chi connectivity index (χ4v) is 2.42. The lowest BCUT2D eigenvalue weighted by Gasteiger charge is -2.26. The summed E-state index contributed by atoms with van der Waals surface area (Å²) >= 11 is 0. The Bertz CT molecular complexity index is 323. The van der Waals surface area contributed by atoms with Crippen LogP contribution >= 0.6 is 0 Å². The highest BCUT2D eigenvalue weighted by molar-refractivity contribution is 6.03. The van der Waals surface area contributed by atoms with E-state index in [1.54, 1.807) is 18.6 Å². The van der Waals surface area contributed by atoms with Gasteiger partial charge < -0.3 is 9.73 Å². The van der Waals surface area contributed by atoms with E-state index >= 15 is 0 Å². The Morgan fingerprint density at radius 2 is 2.53 bits per heavy atom. The lowest BCUT2D eigenvalue weighted by Crippen LogP contribution is -2.47. The second-order valence-electron chi connectivity index (χ2n) is 4.20. The SMILES string of the molecule is CCCC1(C(=O)c2ccoc2)CCCN1. The number of furan rings is 1. The predicted molar refractivity (Wildman–Crippen MR) is 57.9 cm³/mol. The summed E-state index contributed by atoms with van der Waals surface area (Å²) in [6.07, 6.45) is 7.07. The lowest BCUT2D eigenvalue weighted by molar-refractivity contribution is 0.0857. The van der Waals surface area contributed by atoms with E-state index in [-0.39, 0.29) is 11.3 Å². The minimum atomic E-state index is -0.321. The van der Waals surface area contributed by atoms with Gasteiger partial charge in [-0.15, -0.1) is 0 Å². The molecule has 1 aromatic rings. The summed E-state index contributed by atoms with van der Waals surface area (Å²) in [5, 5.41) is 3.37. The molecule has 3 heteroatoms. The summed E-state index contributed by atoms with van der Waals surface area (Å²) in [6.45, 7) is 3.06. The Hall–Kier alpha value is -1.09.